The van der Waals surface area contributed by atoms with Crippen molar-refractivity contribution >= 4 is 17.7 Å². The van der Waals surface area contributed by atoms with E-state index in [0.29, 0.717) is 0 Å². The van der Waals surface area contributed by atoms with Crippen molar-refractivity contribution in [2.45, 2.75) is 25.0 Å². The fourth-order valence-electron chi connectivity index (χ4n) is 1.25. The van der Waals surface area contributed by atoms with Crippen LogP contribution >= 0.6 is 11.8 Å². The van der Waals surface area contributed by atoms with E-state index >= 15 is 0 Å². The van der Waals surface area contributed by atoms with E-state index in [4.69, 9.17) is 5.11 Å². The monoisotopic (exact) mass is 224 g/mol. The maximum absolute atomic E-state index is 10.5. The Balaban J connectivity index is 2.15. The lowest BCUT2D eigenvalue weighted by Gasteiger charge is -2.05. The fraction of sp³-hybridized carbons (Fsp3) is 0.417. The summed E-state index contributed by atoms with van der Waals surface area (Å²) in [5.74, 6) is 0.183. The Morgan fingerprint density at radius 3 is 2.67 bits per heavy atom. The normalized spacial score (nSPS) is 12.3. The van der Waals surface area contributed by atoms with E-state index in [9.17, 15) is 4.79 Å². The standard InChI is InChI=1S/C12H16O2S/c1-10(12(13)14)15-9-5-8-11-6-3-2-4-7-11/h2-4,6-7,10H,5,8-9H2,1H3,(H,13,14). The van der Waals surface area contributed by atoms with Crippen molar-refractivity contribution in [3.8, 4) is 0 Å². The van der Waals surface area contributed by atoms with Gasteiger partial charge in [0.2, 0.25) is 0 Å². The topological polar surface area (TPSA) is 37.3 Å². The number of aliphatic carboxylic acids is 1. The van der Waals surface area contributed by atoms with Crippen molar-refractivity contribution in [3.05, 3.63) is 35.9 Å². The Hall–Kier alpha value is -0.960. The molecule has 1 atom stereocenters. The molecule has 0 aliphatic heterocycles. The highest BCUT2D eigenvalue weighted by molar-refractivity contribution is 8.00. The molecule has 1 rings (SSSR count). The molecule has 15 heavy (non-hydrogen) atoms. The van der Waals surface area contributed by atoms with Crippen LogP contribution in [0.25, 0.3) is 0 Å². The SMILES string of the molecule is CC(SCCCc1ccccc1)C(=O)O. The molecule has 0 radical (unpaired) electrons. The molecule has 1 unspecified atom stereocenters. The van der Waals surface area contributed by atoms with Gasteiger partial charge in [-0.1, -0.05) is 30.3 Å². The lowest BCUT2D eigenvalue weighted by Crippen LogP contribution is -2.12. The predicted molar refractivity (Wildman–Crippen MR) is 64.3 cm³/mol. The molecule has 82 valence electrons. The van der Waals surface area contributed by atoms with Crippen LogP contribution in [-0.2, 0) is 11.2 Å². The van der Waals surface area contributed by atoms with Crippen molar-refractivity contribution in [1.82, 2.24) is 0 Å². The number of carboxylic acid groups (broad SMARTS) is 1. The number of thioether (sulfide) groups is 1. The summed E-state index contributed by atoms with van der Waals surface area (Å²) in [5, 5.41) is 8.39. The quantitative estimate of drug-likeness (QED) is 0.755. The van der Waals surface area contributed by atoms with Crippen molar-refractivity contribution in [3.63, 3.8) is 0 Å². The molecule has 1 aromatic rings. The first-order valence-electron chi connectivity index (χ1n) is 5.08. The second kappa shape index (κ2) is 6.51. The number of aryl methyl sites for hydroxylation is 1. The van der Waals surface area contributed by atoms with Crippen LogP contribution in [0.4, 0.5) is 0 Å². The number of rotatable bonds is 6. The minimum absolute atomic E-state index is 0.291. The zero-order chi connectivity index (χ0) is 11.1. The fourth-order valence-corrected chi connectivity index (χ4v) is 2.06. The second-order valence-corrected chi connectivity index (χ2v) is 4.89. The molecule has 1 N–H and O–H groups in total. The predicted octanol–water partition coefficient (Wildman–Crippen LogP) is 2.83. The zero-order valence-corrected chi connectivity index (χ0v) is 9.67. The molecule has 0 spiro atoms. The van der Waals surface area contributed by atoms with Crippen molar-refractivity contribution < 1.29 is 9.90 Å². The highest BCUT2D eigenvalue weighted by Crippen LogP contribution is 2.13. The number of carbonyl (C=O) groups is 1. The van der Waals surface area contributed by atoms with Gasteiger partial charge in [-0.2, -0.15) is 0 Å². The molecular weight excluding hydrogens is 208 g/mol. The summed E-state index contributed by atoms with van der Waals surface area (Å²) in [7, 11) is 0. The smallest absolute Gasteiger partial charge is 0.316 e. The summed E-state index contributed by atoms with van der Waals surface area (Å²) < 4.78 is 0. The highest BCUT2D eigenvalue weighted by atomic mass is 32.2. The van der Waals surface area contributed by atoms with Crippen LogP contribution in [-0.4, -0.2) is 22.1 Å². The number of hydrogen-bond donors (Lipinski definition) is 1. The largest absolute Gasteiger partial charge is 0.480 e. The molecule has 1 aromatic carbocycles. The van der Waals surface area contributed by atoms with Crippen LogP contribution in [0.15, 0.2) is 30.3 Å². The molecule has 0 aliphatic carbocycles. The summed E-state index contributed by atoms with van der Waals surface area (Å²) in [6, 6.07) is 10.3. The van der Waals surface area contributed by atoms with Gasteiger partial charge in [0.05, 0.1) is 5.25 Å². The minimum atomic E-state index is -0.722. The van der Waals surface area contributed by atoms with Crippen molar-refractivity contribution in [1.29, 1.82) is 0 Å². The number of hydrogen-bond acceptors (Lipinski definition) is 2. The lowest BCUT2D eigenvalue weighted by atomic mass is 10.1. The van der Waals surface area contributed by atoms with E-state index in [-0.39, 0.29) is 5.25 Å². The molecule has 0 heterocycles. The molecule has 0 saturated carbocycles. The van der Waals surface area contributed by atoms with Crippen LogP contribution in [0, 0.1) is 0 Å². The maximum atomic E-state index is 10.5. The third-order valence-corrected chi connectivity index (χ3v) is 3.39. The van der Waals surface area contributed by atoms with Crippen LogP contribution in [0.1, 0.15) is 18.9 Å². The van der Waals surface area contributed by atoms with Crippen LogP contribution in [0.5, 0.6) is 0 Å². The third-order valence-electron chi connectivity index (χ3n) is 2.17. The average molecular weight is 224 g/mol. The molecule has 0 aromatic heterocycles. The first kappa shape index (κ1) is 12.1. The summed E-state index contributed by atoms with van der Waals surface area (Å²) in [5.41, 5.74) is 1.32. The van der Waals surface area contributed by atoms with E-state index in [1.54, 1.807) is 6.92 Å². The van der Waals surface area contributed by atoms with Gasteiger partial charge in [0.15, 0.2) is 0 Å². The molecular formula is C12H16O2S. The van der Waals surface area contributed by atoms with E-state index in [0.717, 1.165) is 18.6 Å². The van der Waals surface area contributed by atoms with Crippen LogP contribution in [0.2, 0.25) is 0 Å². The van der Waals surface area contributed by atoms with E-state index in [2.05, 4.69) is 12.1 Å². The molecule has 2 nitrogen and oxygen atoms in total. The van der Waals surface area contributed by atoms with Crippen molar-refractivity contribution in [2.24, 2.45) is 0 Å². The molecule has 0 fully saturated rings. The van der Waals surface area contributed by atoms with E-state index in [1.165, 1.54) is 17.3 Å². The molecule has 0 aliphatic rings. The van der Waals surface area contributed by atoms with Gasteiger partial charge in [0.25, 0.3) is 0 Å². The summed E-state index contributed by atoms with van der Waals surface area (Å²) in [6.45, 7) is 1.73. The Morgan fingerprint density at radius 2 is 2.07 bits per heavy atom. The van der Waals surface area contributed by atoms with Gasteiger partial charge in [-0.15, -0.1) is 11.8 Å². The van der Waals surface area contributed by atoms with Gasteiger partial charge in [0.1, 0.15) is 0 Å². The number of benzene rings is 1. The van der Waals surface area contributed by atoms with Gasteiger partial charge in [0, 0.05) is 0 Å². The minimum Gasteiger partial charge on any atom is -0.480 e. The van der Waals surface area contributed by atoms with Gasteiger partial charge >= 0.3 is 5.97 Å². The van der Waals surface area contributed by atoms with Gasteiger partial charge in [-0.05, 0) is 31.1 Å². The number of carboxylic acids is 1. The third kappa shape index (κ3) is 4.88. The summed E-state index contributed by atoms with van der Waals surface area (Å²) >= 11 is 1.50. The highest BCUT2D eigenvalue weighted by Gasteiger charge is 2.09. The zero-order valence-electron chi connectivity index (χ0n) is 8.85. The van der Waals surface area contributed by atoms with Crippen molar-refractivity contribution in [2.75, 3.05) is 5.75 Å². The Kier molecular flexibility index (Phi) is 5.26. The summed E-state index contributed by atoms with van der Waals surface area (Å²) in [4.78, 5) is 10.5. The maximum Gasteiger partial charge on any atom is 0.316 e. The van der Waals surface area contributed by atoms with Gasteiger partial charge in [-0.3, -0.25) is 4.79 Å². The molecule has 0 amide bonds. The Morgan fingerprint density at radius 1 is 1.40 bits per heavy atom. The Labute approximate surface area is 94.7 Å². The van der Waals surface area contributed by atoms with E-state index < -0.39 is 5.97 Å². The van der Waals surface area contributed by atoms with Gasteiger partial charge < -0.3 is 5.11 Å². The first-order valence-corrected chi connectivity index (χ1v) is 6.13. The van der Waals surface area contributed by atoms with Crippen LogP contribution < -0.4 is 0 Å². The second-order valence-electron chi connectivity index (χ2n) is 3.44. The van der Waals surface area contributed by atoms with E-state index in [1.807, 2.05) is 18.2 Å². The average Bonchev–Trinajstić information content (AvgIpc) is 2.25. The van der Waals surface area contributed by atoms with Gasteiger partial charge in [-0.25, -0.2) is 0 Å². The summed E-state index contributed by atoms with van der Waals surface area (Å²) in [6.07, 6.45) is 2.06. The lowest BCUT2D eigenvalue weighted by molar-refractivity contribution is -0.136. The molecule has 3 heteroatoms. The first-order chi connectivity index (χ1) is 7.20. The molecule has 0 saturated heterocycles. The molecule has 0 bridgehead atoms. The Bertz CT molecular complexity index is 298. The van der Waals surface area contributed by atoms with Crippen LogP contribution in [0.3, 0.4) is 0 Å².